The maximum absolute atomic E-state index is 12.9. The van der Waals surface area contributed by atoms with Crippen molar-refractivity contribution in [3.8, 4) is 11.1 Å². The summed E-state index contributed by atoms with van der Waals surface area (Å²) in [6.45, 7) is 3.43. The van der Waals surface area contributed by atoms with Gasteiger partial charge in [0.05, 0.1) is 17.3 Å². The summed E-state index contributed by atoms with van der Waals surface area (Å²) in [6.07, 6.45) is 1.96. The predicted octanol–water partition coefficient (Wildman–Crippen LogP) is 2.75. The van der Waals surface area contributed by atoms with E-state index in [0.717, 1.165) is 53.5 Å². The van der Waals surface area contributed by atoms with Gasteiger partial charge in [-0.1, -0.05) is 18.2 Å². The predicted molar refractivity (Wildman–Crippen MR) is 115 cm³/mol. The molecule has 154 valence electrons. The first-order chi connectivity index (χ1) is 14.2. The number of nitrogens with one attached hydrogen (secondary N) is 1. The number of hydrogen-bond acceptors (Lipinski definition) is 5. The number of aryl methyl sites for hydroxylation is 1. The lowest BCUT2D eigenvalue weighted by Gasteiger charge is -2.31. The Morgan fingerprint density at radius 1 is 1.00 bits per heavy atom. The molecule has 0 aliphatic carbocycles. The maximum Gasteiger partial charge on any atom is 0.264 e. The molecule has 1 aromatic heterocycles. The molecule has 4 rings (SSSR count). The van der Waals surface area contributed by atoms with Crippen LogP contribution in [0.2, 0.25) is 0 Å². The number of amides is 2. The van der Waals surface area contributed by atoms with Gasteiger partial charge in [-0.05, 0) is 54.8 Å². The van der Waals surface area contributed by atoms with Gasteiger partial charge in [-0.25, -0.2) is 13.1 Å². The van der Waals surface area contributed by atoms with E-state index in [-0.39, 0.29) is 11.5 Å². The molecule has 0 atom stereocenters. The van der Waals surface area contributed by atoms with Gasteiger partial charge in [0.15, 0.2) is 0 Å². The smallest absolute Gasteiger partial charge is 0.264 e. The van der Waals surface area contributed by atoms with E-state index in [0.29, 0.717) is 5.56 Å². The summed E-state index contributed by atoms with van der Waals surface area (Å²) in [4.78, 5) is 31.2. The number of rotatable bonds is 4. The van der Waals surface area contributed by atoms with Crippen LogP contribution < -0.4 is 4.72 Å². The van der Waals surface area contributed by atoms with Gasteiger partial charge < -0.3 is 4.90 Å². The second kappa shape index (κ2) is 7.53. The third-order valence-electron chi connectivity index (χ3n) is 5.07. The second-order valence-electron chi connectivity index (χ2n) is 7.47. The number of nitrogens with zero attached hydrogens (tertiary/aromatic N) is 2. The number of hydrogen-bond donors (Lipinski definition) is 1. The average Bonchev–Trinajstić information content (AvgIpc) is 2.64. The molecule has 30 heavy (non-hydrogen) atoms. The Morgan fingerprint density at radius 3 is 2.27 bits per heavy atom. The van der Waals surface area contributed by atoms with Crippen LogP contribution in [0.5, 0.6) is 0 Å². The number of carbonyl (C=O) groups is 2. The summed E-state index contributed by atoms with van der Waals surface area (Å²) in [7, 11) is -3.62. The van der Waals surface area contributed by atoms with Gasteiger partial charge in [-0.15, -0.1) is 0 Å². The highest BCUT2D eigenvalue weighted by atomic mass is 32.2. The fraction of sp³-hybridized carbons (Fsp3) is 0.227. The monoisotopic (exact) mass is 423 g/mol. The fourth-order valence-electron chi connectivity index (χ4n) is 3.45. The minimum absolute atomic E-state index is 0.0155. The van der Waals surface area contributed by atoms with Crippen LogP contribution in [0, 0.1) is 6.92 Å². The Bertz CT molecular complexity index is 1260. The summed E-state index contributed by atoms with van der Waals surface area (Å²) in [5.74, 6) is -0.661. The van der Waals surface area contributed by atoms with Crippen LogP contribution in [0.1, 0.15) is 32.8 Å². The normalized spacial score (nSPS) is 13.7. The molecule has 1 aliphatic heterocycles. The molecule has 0 unspecified atom stereocenters. The lowest BCUT2D eigenvalue weighted by Crippen LogP contribution is -2.42. The molecule has 0 radical (unpaired) electrons. The topological polar surface area (TPSA) is 96.4 Å². The SMILES string of the molecule is Cc1cc(C(=O)N2CCC2)c2cc(-c3ccc(C(=O)NS(C)(=O)=O)cc3)ccc2n1. The van der Waals surface area contributed by atoms with Crippen molar-refractivity contribution in [3.63, 3.8) is 0 Å². The lowest BCUT2D eigenvalue weighted by molar-refractivity contribution is 0.0653. The molecule has 1 fully saturated rings. The van der Waals surface area contributed by atoms with E-state index in [2.05, 4.69) is 4.98 Å². The minimum Gasteiger partial charge on any atom is -0.338 e. The number of benzene rings is 2. The first-order valence-corrected chi connectivity index (χ1v) is 11.4. The Morgan fingerprint density at radius 2 is 1.67 bits per heavy atom. The minimum atomic E-state index is -3.62. The van der Waals surface area contributed by atoms with Crippen molar-refractivity contribution in [2.45, 2.75) is 13.3 Å². The van der Waals surface area contributed by atoms with Crippen LogP contribution in [-0.4, -0.2) is 49.5 Å². The van der Waals surface area contributed by atoms with E-state index in [4.69, 9.17) is 0 Å². The number of sulfonamides is 1. The van der Waals surface area contributed by atoms with Crippen molar-refractivity contribution in [1.29, 1.82) is 0 Å². The summed E-state index contributed by atoms with van der Waals surface area (Å²) in [5.41, 5.74) is 4.16. The molecule has 7 nitrogen and oxygen atoms in total. The van der Waals surface area contributed by atoms with Crippen molar-refractivity contribution in [2.24, 2.45) is 0 Å². The average molecular weight is 423 g/mol. The molecule has 0 spiro atoms. The largest absolute Gasteiger partial charge is 0.338 e. The zero-order valence-corrected chi connectivity index (χ0v) is 17.5. The summed E-state index contributed by atoms with van der Waals surface area (Å²) < 4.78 is 24.4. The first-order valence-electron chi connectivity index (χ1n) is 9.54. The fourth-order valence-corrected chi connectivity index (χ4v) is 3.90. The van der Waals surface area contributed by atoms with E-state index in [1.165, 1.54) is 0 Å². The molecule has 2 amide bonds. The summed E-state index contributed by atoms with van der Waals surface area (Å²) >= 11 is 0. The first kappa shape index (κ1) is 20.0. The molecular weight excluding hydrogens is 402 g/mol. The molecular formula is C22H21N3O4S. The van der Waals surface area contributed by atoms with E-state index < -0.39 is 15.9 Å². The van der Waals surface area contributed by atoms with Gasteiger partial charge in [0.25, 0.3) is 11.8 Å². The molecule has 1 saturated heterocycles. The van der Waals surface area contributed by atoms with Crippen molar-refractivity contribution in [3.05, 3.63) is 65.4 Å². The van der Waals surface area contributed by atoms with Crippen LogP contribution in [0.15, 0.2) is 48.5 Å². The van der Waals surface area contributed by atoms with Crippen molar-refractivity contribution in [2.75, 3.05) is 19.3 Å². The Hall–Kier alpha value is -3.26. The number of pyridine rings is 1. The molecule has 0 bridgehead atoms. The van der Waals surface area contributed by atoms with Crippen LogP contribution in [-0.2, 0) is 10.0 Å². The van der Waals surface area contributed by atoms with Gasteiger partial charge in [0.1, 0.15) is 0 Å². The molecule has 8 heteroatoms. The van der Waals surface area contributed by atoms with E-state index >= 15 is 0 Å². The summed E-state index contributed by atoms with van der Waals surface area (Å²) in [5, 5.41) is 0.786. The standard InChI is InChI=1S/C22H21N3O4S/c1-14-12-19(22(27)25-10-3-11-25)18-13-17(8-9-20(18)23-14)15-4-6-16(7-5-15)21(26)24-30(2,28)29/h4-9,12-13H,3,10-11H2,1-2H3,(H,24,26). The molecule has 0 saturated carbocycles. The Kier molecular flexibility index (Phi) is 5.03. The second-order valence-corrected chi connectivity index (χ2v) is 9.22. The van der Waals surface area contributed by atoms with Crippen LogP contribution in [0.3, 0.4) is 0 Å². The van der Waals surface area contributed by atoms with Gasteiger partial charge in [-0.2, -0.15) is 0 Å². The van der Waals surface area contributed by atoms with Gasteiger partial charge in [0.2, 0.25) is 10.0 Å². The van der Waals surface area contributed by atoms with Gasteiger partial charge in [-0.3, -0.25) is 14.6 Å². The highest BCUT2D eigenvalue weighted by Crippen LogP contribution is 2.28. The van der Waals surface area contributed by atoms with E-state index in [1.807, 2.05) is 40.8 Å². The lowest BCUT2D eigenvalue weighted by atomic mass is 9.98. The molecule has 2 aromatic carbocycles. The Labute approximate surface area is 174 Å². The zero-order valence-electron chi connectivity index (χ0n) is 16.7. The zero-order chi connectivity index (χ0) is 21.5. The number of likely N-dealkylation sites (tertiary alicyclic amines) is 1. The number of carbonyl (C=O) groups excluding carboxylic acids is 2. The third-order valence-corrected chi connectivity index (χ3v) is 5.63. The highest BCUT2D eigenvalue weighted by molar-refractivity contribution is 7.89. The molecule has 1 aliphatic rings. The molecule has 3 aromatic rings. The van der Waals surface area contributed by atoms with Crippen LogP contribution >= 0.6 is 0 Å². The molecule has 1 N–H and O–H groups in total. The summed E-state index contributed by atoms with van der Waals surface area (Å²) in [6, 6.07) is 14.2. The molecule has 2 heterocycles. The van der Waals surface area contributed by atoms with E-state index in [9.17, 15) is 18.0 Å². The number of fused-ring (bicyclic) bond motifs is 1. The van der Waals surface area contributed by atoms with Gasteiger partial charge in [0, 0.05) is 29.7 Å². The third kappa shape index (κ3) is 4.04. The maximum atomic E-state index is 12.9. The number of aromatic nitrogens is 1. The van der Waals surface area contributed by atoms with Crippen molar-refractivity contribution in [1.82, 2.24) is 14.6 Å². The Balaban J connectivity index is 1.70. The van der Waals surface area contributed by atoms with Crippen LogP contribution in [0.4, 0.5) is 0 Å². The van der Waals surface area contributed by atoms with Crippen LogP contribution in [0.25, 0.3) is 22.0 Å². The van der Waals surface area contributed by atoms with E-state index in [1.54, 1.807) is 24.3 Å². The quantitative estimate of drug-likeness (QED) is 0.696. The van der Waals surface area contributed by atoms with Crippen molar-refractivity contribution >= 4 is 32.7 Å². The van der Waals surface area contributed by atoms with Crippen molar-refractivity contribution < 1.29 is 18.0 Å². The van der Waals surface area contributed by atoms with Gasteiger partial charge >= 0.3 is 0 Å². The highest BCUT2D eigenvalue weighted by Gasteiger charge is 2.24.